The third-order valence-corrected chi connectivity index (χ3v) is 2.28. The Morgan fingerprint density at radius 1 is 1.67 bits per heavy atom. The molecular formula is C9H10BrN3O2. The van der Waals surface area contributed by atoms with Gasteiger partial charge in [0.05, 0.1) is 10.6 Å². The SMILES string of the molecule is CC/C=N/Nc1ccc([N+](=O)[O-])cc1Br. The molecule has 0 amide bonds. The van der Waals surface area contributed by atoms with Crippen LogP contribution < -0.4 is 5.43 Å². The van der Waals surface area contributed by atoms with E-state index in [2.05, 4.69) is 26.5 Å². The zero-order chi connectivity index (χ0) is 11.3. The summed E-state index contributed by atoms with van der Waals surface area (Å²) in [6, 6.07) is 4.47. The molecule has 0 saturated carbocycles. The van der Waals surface area contributed by atoms with Crippen molar-refractivity contribution in [2.75, 3.05) is 5.43 Å². The van der Waals surface area contributed by atoms with E-state index in [1.54, 1.807) is 12.3 Å². The van der Waals surface area contributed by atoms with E-state index in [1.165, 1.54) is 12.1 Å². The molecule has 0 fully saturated rings. The number of nitrogens with one attached hydrogen (secondary N) is 1. The van der Waals surface area contributed by atoms with Crippen LogP contribution >= 0.6 is 15.9 Å². The molecule has 0 aliphatic carbocycles. The summed E-state index contributed by atoms with van der Waals surface area (Å²) in [6.45, 7) is 1.97. The van der Waals surface area contributed by atoms with E-state index in [0.29, 0.717) is 10.2 Å². The molecular weight excluding hydrogens is 262 g/mol. The molecule has 0 saturated heterocycles. The number of benzene rings is 1. The summed E-state index contributed by atoms with van der Waals surface area (Å²) >= 11 is 3.23. The molecule has 1 aromatic rings. The fourth-order valence-electron chi connectivity index (χ4n) is 0.915. The molecule has 1 aromatic carbocycles. The van der Waals surface area contributed by atoms with E-state index in [9.17, 15) is 10.1 Å². The number of halogens is 1. The van der Waals surface area contributed by atoms with Crippen molar-refractivity contribution in [2.45, 2.75) is 13.3 Å². The first-order valence-electron chi connectivity index (χ1n) is 4.36. The minimum atomic E-state index is -0.441. The normalized spacial score (nSPS) is 10.5. The third-order valence-electron chi connectivity index (χ3n) is 1.62. The second-order valence-corrected chi connectivity index (χ2v) is 3.61. The van der Waals surface area contributed by atoms with Gasteiger partial charge in [0.1, 0.15) is 0 Å². The molecule has 0 atom stereocenters. The Bertz CT molecular complexity index is 393. The van der Waals surface area contributed by atoms with Gasteiger partial charge < -0.3 is 0 Å². The molecule has 1 rings (SSSR count). The van der Waals surface area contributed by atoms with Crippen molar-refractivity contribution in [1.82, 2.24) is 0 Å². The summed E-state index contributed by atoms with van der Waals surface area (Å²) in [4.78, 5) is 10.0. The molecule has 0 heterocycles. The summed E-state index contributed by atoms with van der Waals surface area (Å²) in [6.07, 6.45) is 2.55. The van der Waals surface area contributed by atoms with Crippen molar-refractivity contribution in [3.63, 3.8) is 0 Å². The number of anilines is 1. The highest BCUT2D eigenvalue weighted by Crippen LogP contribution is 2.26. The average molecular weight is 272 g/mol. The van der Waals surface area contributed by atoms with Crippen molar-refractivity contribution in [2.24, 2.45) is 5.10 Å². The molecule has 6 heteroatoms. The van der Waals surface area contributed by atoms with Crippen LogP contribution in [-0.4, -0.2) is 11.1 Å². The van der Waals surface area contributed by atoms with Crippen LogP contribution in [-0.2, 0) is 0 Å². The fourth-order valence-corrected chi connectivity index (χ4v) is 1.37. The van der Waals surface area contributed by atoms with E-state index < -0.39 is 4.92 Å². The maximum Gasteiger partial charge on any atom is 0.270 e. The summed E-state index contributed by atoms with van der Waals surface area (Å²) in [5.74, 6) is 0. The number of rotatable bonds is 4. The maximum atomic E-state index is 10.5. The number of nitrogens with zero attached hydrogens (tertiary/aromatic N) is 2. The van der Waals surface area contributed by atoms with Gasteiger partial charge in [-0.25, -0.2) is 0 Å². The van der Waals surface area contributed by atoms with Gasteiger partial charge in [0.2, 0.25) is 0 Å². The molecule has 5 nitrogen and oxygen atoms in total. The minimum Gasteiger partial charge on any atom is -0.278 e. The van der Waals surface area contributed by atoms with Crippen LogP contribution in [0.25, 0.3) is 0 Å². The largest absolute Gasteiger partial charge is 0.278 e. The van der Waals surface area contributed by atoms with Gasteiger partial charge >= 0.3 is 0 Å². The third kappa shape index (κ3) is 3.32. The Balaban J connectivity index is 2.83. The Kier molecular flexibility index (Phi) is 4.23. The van der Waals surface area contributed by atoms with Crippen molar-refractivity contribution in [1.29, 1.82) is 0 Å². The number of nitro benzene ring substituents is 1. The van der Waals surface area contributed by atoms with E-state index in [4.69, 9.17) is 0 Å². The highest BCUT2D eigenvalue weighted by Gasteiger charge is 2.07. The van der Waals surface area contributed by atoms with E-state index in [1.807, 2.05) is 6.92 Å². The first-order chi connectivity index (χ1) is 7.15. The van der Waals surface area contributed by atoms with E-state index in [0.717, 1.165) is 6.42 Å². The lowest BCUT2D eigenvalue weighted by Crippen LogP contribution is -1.92. The molecule has 0 aromatic heterocycles. The summed E-state index contributed by atoms with van der Waals surface area (Å²) < 4.78 is 0.616. The van der Waals surface area contributed by atoms with Crippen LogP contribution in [0.2, 0.25) is 0 Å². The van der Waals surface area contributed by atoms with Crippen molar-refractivity contribution in [3.8, 4) is 0 Å². The molecule has 0 bridgehead atoms. The molecule has 0 radical (unpaired) electrons. The highest BCUT2D eigenvalue weighted by molar-refractivity contribution is 9.10. The first kappa shape index (κ1) is 11.6. The van der Waals surface area contributed by atoms with Gasteiger partial charge in [0, 0.05) is 22.8 Å². The molecule has 1 N–H and O–H groups in total. The van der Waals surface area contributed by atoms with Crippen LogP contribution in [0.1, 0.15) is 13.3 Å². The standard InChI is InChI=1S/C9H10BrN3O2/c1-2-5-11-12-9-4-3-7(13(14)15)6-8(9)10/h3-6,12H,2H2,1H3/b11-5+. The van der Waals surface area contributed by atoms with E-state index >= 15 is 0 Å². The zero-order valence-electron chi connectivity index (χ0n) is 8.11. The van der Waals surface area contributed by atoms with Crippen LogP contribution in [0.15, 0.2) is 27.8 Å². The van der Waals surface area contributed by atoms with Crippen molar-refractivity contribution >= 4 is 33.5 Å². The van der Waals surface area contributed by atoms with Crippen LogP contribution in [0.3, 0.4) is 0 Å². The lowest BCUT2D eigenvalue weighted by Gasteiger charge is -2.02. The van der Waals surface area contributed by atoms with Gasteiger partial charge in [0.25, 0.3) is 5.69 Å². The summed E-state index contributed by atoms with van der Waals surface area (Å²) in [7, 11) is 0. The maximum absolute atomic E-state index is 10.5. The zero-order valence-corrected chi connectivity index (χ0v) is 9.69. The molecule has 0 aliphatic rings. The van der Waals surface area contributed by atoms with Crippen molar-refractivity contribution < 1.29 is 4.92 Å². The second kappa shape index (κ2) is 5.45. The van der Waals surface area contributed by atoms with Crippen LogP contribution in [0, 0.1) is 10.1 Å². The number of hydrazone groups is 1. The Hall–Kier alpha value is -1.43. The Morgan fingerprint density at radius 2 is 2.40 bits per heavy atom. The van der Waals surface area contributed by atoms with Crippen LogP contribution in [0.4, 0.5) is 11.4 Å². The van der Waals surface area contributed by atoms with E-state index in [-0.39, 0.29) is 5.69 Å². The number of non-ortho nitro benzene ring substituents is 1. The first-order valence-corrected chi connectivity index (χ1v) is 5.16. The average Bonchev–Trinajstić information content (AvgIpc) is 2.20. The predicted molar refractivity (Wildman–Crippen MR) is 63.2 cm³/mol. The molecule has 0 unspecified atom stereocenters. The van der Waals surface area contributed by atoms with Gasteiger partial charge in [-0.05, 0) is 28.4 Å². The Labute approximate surface area is 95.5 Å². The summed E-state index contributed by atoms with van der Waals surface area (Å²) in [5.41, 5.74) is 3.53. The Morgan fingerprint density at radius 3 is 2.93 bits per heavy atom. The van der Waals surface area contributed by atoms with Gasteiger partial charge in [-0.15, -0.1) is 0 Å². The van der Waals surface area contributed by atoms with Gasteiger partial charge in [-0.1, -0.05) is 6.92 Å². The number of nitro groups is 1. The van der Waals surface area contributed by atoms with Crippen LogP contribution in [0.5, 0.6) is 0 Å². The molecule has 15 heavy (non-hydrogen) atoms. The monoisotopic (exact) mass is 271 g/mol. The number of hydrogen-bond acceptors (Lipinski definition) is 4. The summed E-state index contributed by atoms with van der Waals surface area (Å²) in [5, 5.41) is 14.4. The van der Waals surface area contributed by atoms with Crippen molar-refractivity contribution in [3.05, 3.63) is 32.8 Å². The molecule has 80 valence electrons. The quantitative estimate of drug-likeness (QED) is 0.520. The predicted octanol–water partition coefficient (Wildman–Crippen LogP) is 3.17. The fraction of sp³-hybridized carbons (Fsp3) is 0.222. The van der Waals surface area contributed by atoms with Gasteiger partial charge in [-0.2, -0.15) is 5.10 Å². The van der Waals surface area contributed by atoms with Gasteiger partial charge in [-0.3, -0.25) is 15.5 Å². The second-order valence-electron chi connectivity index (χ2n) is 2.75. The lowest BCUT2D eigenvalue weighted by molar-refractivity contribution is -0.384. The van der Waals surface area contributed by atoms with Gasteiger partial charge in [0.15, 0.2) is 0 Å². The molecule has 0 aliphatic heterocycles. The smallest absolute Gasteiger partial charge is 0.270 e. The topological polar surface area (TPSA) is 67.5 Å². The number of hydrogen-bond donors (Lipinski definition) is 1. The minimum absolute atomic E-state index is 0.0481. The lowest BCUT2D eigenvalue weighted by atomic mass is 10.3. The molecule has 0 spiro atoms. The highest BCUT2D eigenvalue weighted by atomic mass is 79.9.